The lowest BCUT2D eigenvalue weighted by molar-refractivity contribution is -0.109. The van der Waals surface area contributed by atoms with Gasteiger partial charge in [-0.3, -0.25) is 4.79 Å². The third kappa shape index (κ3) is 7.21. The van der Waals surface area contributed by atoms with Crippen LogP contribution >= 0.6 is 0 Å². The number of nitrogens with one attached hydrogen (secondary N) is 1. The summed E-state index contributed by atoms with van der Waals surface area (Å²) in [7, 11) is 1.68. The molecule has 0 saturated heterocycles. The van der Waals surface area contributed by atoms with Crippen LogP contribution in [0.1, 0.15) is 35.2 Å². The molecule has 1 N–H and O–H groups in total. The van der Waals surface area contributed by atoms with Gasteiger partial charge in [0.1, 0.15) is 6.29 Å². The van der Waals surface area contributed by atoms with Crippen LogP contribution in [0, 0.1) is 0 Å². The Labute approximate surface area is 137 Å². The van der Waals surface area contributed by atoms with Crippen molar-refractivity contribution in [1.29, 1.82) is 0 Å². The van der Waals surface area contributed by atoms with Crippen LogP contribution in [-0.4, -0.2) is 38.6 Å². The minimum atomic E-state index is -0.553. The molecule has 1 amide bonds. The van der Waals surface area contributed by atoms with Crippen LogP contribution in [0.15, 0.2) is 36.9 Å². The van der Waals surface area contributed by atoms with Crippen LogP contribution in [-0.2, 0) is 20.9 Å². The van der Waals surface area contributed by atoms with Crippen molar-refractivity contribution in [2.45, 2.75) is 31.9 Å². The van der Waals surface area contributed by atoms with Gasteiger partial charge in [-0.2, -0.15) is 0 Å². The summed E-state index contributed by atoms with van der Waals surface area (Å²) in [5.74, 6) is -0.275. The van der Waals surface area contributed by atoms with Crippen molar-refractivity contribution in [1.82, 2.24) is 5.32 Å². The summed E-state index contributed by atoms with van der Waals surface area (Å²) in [6.07, 6.45) is 4.59. The molecule has 126 valence electrons. The van der Waals surface area contributed by atoms with E-state index in [0.717, 1.165) is 25.0 Å². The molecule has 23 heavy (non-hydrogen) atoms. The quantitative estimate of drug-likeness (QED) is 0.365. The van der Waals surface area contributed by atoms with Gasteiger partial charge in [0.25, 0.3) is 5.91 Å². The molecule has 0 bridgehead atoms. The average molecular weight is 319 g/mol. The number of benzene rings is 1. The normalized spacial score (nSPS) is 11.7. The zero-order valence-electron chi connectivity index (χ0n) is 13.6. The number of unbranched alkanes of at least 4 members (excludes halogenated alkanes) is 1. The van der Waals surface area contributed by atoms with Gasteiger partial charge in [-0.1, -0.05) is 24.3 Å². The van der Waals surface area contributed by atoms with Crippen LogP contribution in [0.3, 0.4) is 0 Å². The van der Waals surface area contributed by atoms with Gasteiger partial charge in [-0.25, -0.2) is 0 Å². The first kappa shape index (κ1) is 19.1. The number of amides is 1. The molecule has 0 aliphatic rings. The van der Waals surface area contributed by atoms with Crippen molar-refractivity contribution in [3.63, 3.8) is 0 Å². The van der Waals surface area contributed by atoms with Gasteiger partial charge in [0.05, 0.1) is 12.6 Å². The van der Waals surface area contributed by atoms with Gasteiger partial charge in [-0.15, -0.1) is 6.58 Å². The molecule has 0 heterocycles. The second-order valence-corrected chi connectivity index (χ2v) is 5.15. The predicted octanol–water partition coefficient (Wildman–Crippen LogP) is 2.50. The number of ether oxygens (including phenoxy) is 2. The van der Waals surface area contributed by atoms with Crippen LogP contribution in [0.4, 0.5) is 0 Å². The highest BCUT2D eigenvalue weighted by Crippen LogP contribution is 2.11. The molecular weight excluding hydrogens is 294 g/mol. The first-order chi connectivity index (χ1) is 11.2. The Kier molecular flexibility index (Phi) is 9.59. The molecule has 5 nitrogen and oxygen atoms in total. The summed E-state index contributed by atoms with van der Waals surface area (Å²) in [6, 6.07) is 6.69. The fourth-order valence-corrected chi connectivity index (χ4v) is 2.07. The standard InChI is InChI=1S/C18H25NO4/c1-3-8-16(13-20)19-18(21)17-10-5-4-9-15(17)14-23-12-7-6-11-22-2/h3-5,9-10,13,16H,1,6-8,11-12,14H2,2H3,(H,19,21)/t16-/m0/s1. The Hall–Kier alpha value is -1.98. The van der Waals surface area contributed by atoms with E-state index in [1.165, 1.54) is 0 Å². The monoisotopic (exact) mass is 319 g/mol. The van der Waals surface area contributed by atoms with Crippen LogP contribution in [0.25, 0.3) is 0 Å². The van der Waals surface area contributed by atoms with Gasteiger partial charge in [0.2, 0.25) is 0 Å². The number of methoxy groups -OCH3 is 1. The summed E-state index contributed by atoms with van der Waals surface area (Å²) >= 11 is 0. The lowest BCUT2D eigenvalue weighted by Gasteiger charge is -2.13. The van der Waals surface area contributed by atoms with E-state index in [4.69, 9.17) is 9.47 Å². The van der Waals surface area contributed by atoms with Gasteiger partial charge < -0.3 is 19.6 Å². The van der Waals surface area contributed by atoms with E-state index < -0.39 is 6.04 Å². The Morgan fingerprint density at radius 1 is 1.30 bits per heavy atom. The molecule has 1 aromatic carbocycles. The molecule has 0 spiro atoms. The van der Waals surface area contributed by atoms with Gasteiger partial charge in [-0.05, 0) is 30.9 Å². The van der Waals surface area contributed by atoms with E-state index >= 15 is 0 Å². The highest BCUT2D eigenvalue weighted by molar-refractivity contribution is 5.97. The third-order valence-electron chi connectivity index (χ3n) is 3.31. The van der Waals surface area contributed by atoms with E-state index in [-0.39, 0.29) is 5.91 Å². The average Bonchev–Trinajstić information content (AvgIpc) is 2.57. The van der Waals surface area contributed by atoms with Crippen molar-refractivity contribution < 1.29 is 19.1 Å². The molecule has 0 aromatic heterocycles. The summed E-state index contributed by atoms with van der Waals surface area (Å²) in [5.41, 5.74) is 1.33. The first-order valence-corrected chi connectivity index (χ1v) is 7.74. The maximum atomic E-state index is 12.3. The van der Waals surface area contributed by atoms with Crippen molar-refractivity contribution in [2.75, 3.05) is 20.3 Å². The van der Waals surface area contributed by atoms with Crippen LogP contribution in [0.2, 0.25) is 0 Å². The largest absolute Gasteiger partial charge is 0.385 e. The smallest absolute Gasteiger partial charge is 0.252 e. The van der Waals surface area contributed by atoms with Crippen molar-refractivity contribution in [3.05, 3.63) is 48.0 Å². The van der Waals surface area contributed by atoms with Crippen molar-refractivity contribution in [2.24, 2.45) is 0 Å². The molecule has 0 radical (unpaired) electrons. The van der Waals surface area contributed by atoms with E-state index in [1.54, 1.807) is 25.3 Å². The van der Waals surface area contributed by atoms with Crippen LogP contribution in [0.5, 0.6) is 0 Å². The maximum Gasteiger partial charge on any atom is 0.252 e. The third-order valence-corrected chi connectivity index (χ3v) is 3.31. The maximum absolute atomic E-state index is 12.3. The van der Waals surface area contributed by atoms with Gasteiger partial charge in [0, 0.05) is 25.9 Å². The summed E-state index contributed by atoms with van der Waals surface area (Å²) in [5, 5.41) is 2.69. The lowest BCUT2D eigenvalue weighted by atomic mass is 10.1. The highest BCUT2D eigenvalue weighted by atomic mass is 16.5. The number of hydrogen-bond acceptors (Lipinski definition) is 4. The first-order valence-electron chi connectivity index (χ1n) is 7.74. The number of carbonyl (C=O) groups excluding carboxylic acids is 2. The summed E-state index contributed by atoms with van der Waals surface area (Å²) in [4.78, 5) is 23.3. The van der Waals surface area contributed by atoms with E-state index in [1.807, 2.05) is 12.1 Å². The molecule has 1 rings (SSSR count). The predicted molar refractivity (Wildman–Crippen MR) is 89.3 cm³/mol. The molecule has 5 heteroatoms. The molecule has 0 unspecified atom stereocenters. The Balaban J connectivity index is 2.56. The SMILES string of the molecule is C=CC[C@@H](C=O)NC(=O)c1ccccc1COCCCCOC. The minimum Gasteiger partial charge on any atom is -0.385 e. The number of carbonyl (C=O) groups is 2. The minimum absolute atomic E-state index is 0.275. The fourth-order valence-electron chi connectivity index (χ4n) is 2.07. The molecule has 0 saturated carbocycles. The van der Waals surface area contributed by atoms with Gasteiger partial charge >= 0.3 is 0 Å². The van der Waals surface area contributed by atoms with E-state index in [9.17, 15) is 9.59 Å². The molecule has 0 fully saturated rings. The molecule has 0 aliphatic carbocycles. The second-order valence-electron chi connectivity index (χ2n) is 5.15. The number of rotatable bonds is 12. The topological polar surface area (TPSA) is 64.6 Å². The summed E-state index contributed by atoms with van der Waals surface area (Å²) in [6.45, 7) is 5.28. The zero-order chi connectivity index (χ0) is 16.9. The second kappa shape index (κ2) is 11.6. The van der Waals surface area contributed by atoms with E-state index in [0.29, 0.717) is 31.5 Å². The Morgan fingerprint density at radius 2 is 2.04 bits per heavy atom. The summed E-state index contributed by atoms with van der Waals surface area (Å²) < 4.78 is 10.6. The number of aldehydes is 1. The molecule has 1 aromatic rings. The van der Waals surface area contributed by atoms with Gasteiger partial charge in [0.15, 0.2) is 0 Å². The van der Waals surface area contributed by atoms with E-state index in [2.05, 4.69) is 11.9 Å². The highest BCUT2D eigenvalue weighted by Gasteiger charge is 2.14. The Bertz CT molecular complexity index is 502. The zero-order valence-corrected chi connectivity index (χ0v) is 13.6. The lowest BCUT2D eigenvalue weighted by Crippen LogP contribution is -2.36. The molecular formula is C18H25NO4. The number of hydrogen-bond donors (Lipinski definition) is 1. The van der Waals surface area contributed by atoms with Crippen LogP contribution < -0.4 is 5.32 Å². The fraction of sp³-hybridized carbons (Fsp3) is 0.444. The molecule has 1 atom stereocenters. The van der Waals surface area contributed by atoms with Crippen molar-refractivity contribution >= 4 is 12.2 Å². The van der Waals surface area contributed by atoms with Crippen molar-refractivity contribution in [3.8, 4) is 0 Å². The Morgan fingerprint density at radius 3 is 2.74 bits per heavy atom. The molecule has 0 aliphatic heterocycles.